The Bertz CT molecular complexity index is 2470. The van der Waals surface area contributed by atoms with Crippen molar-refractivity contribution in [2.45, 2.75) is 108 Å². The summed E-state index contributed by atoms with van der Waals surface area (Å²) in [6.45, 7) is 9.65. The number of fused-ring (bicyclic) bond motifs is 8. The largest absolute Gasteiger partial charge is 0.310 e. The number of hydrogen-bond donors (Lipinski definition) is 0. The van der Waals surface area contributed by atoms with Crippen LogP contribution in [0.15, 0.2) is 127 Å². The quantitative estimate of drug-likeness (QED) is 0.165. The number of anilines is 3. The highest BCUT2D eigenvalue weighted by Crippen LogP contribution is 2.58. The third kappa shape index (κ3) is 5.18. The average Bonchev–Trinajstić information content (AvgIpc) is 3.99. The van der Waals surface area contributed by atoms with Crippen molar-refractivity contribution in [1.29, 1.82) is 0 Å². The van der Waals surface area contributed by atoms with Gasteiger partial charge in [0.1, 0.15) is 0 Å². The fourth-order valence-electron chi connectivity index (χ4n) is 12.4. The average molecular weight is 730 g/mol. The second-order valence-corrected chi connectivity index (χ2v) is 19.1. The molecule has 11 rings (SSSR count). The Kier molecular flexibility index (Phi) is 7.87. The highest BCUT2D eigenvalue weighted by molar-refractivity contribution is 6.00. The zero-order valence-electron chi connectivity index (χ0n) is 33.7. The van der Waals surface area contributed by atoms with Crippen LogP contribution in [0.25, 0.3) is 33.4 Å². The van der Waals surface area contributed by atoms with Gasteiger partial charge in [0.2, 0.25) is 0 Å². The van der Waals surface area contributed by atoms with Gasteiger partial charge in [0.15, 0.2) is 0 Å². The van der Waals surface area contributed by atoms with Crippen molar-refractivity contribution in [1.82, 2.24) is 0 Å². The summed E-state index contributed by atoms with van der Waals surface area (Å²) in [5.41, 5.74) is 20.5. The molecule has 5 aliphatic rings. The predicted molar refractivity (Wildman–Crippen MR) is 236 cm³/mol. The summed E-state index contributed by atoms with van der Waals surface area (Å²) in [5.74, 6) is 3.28. The summed E-state index contributed by atoms with van der Waals surface area (Å²) >= 11 is 0. The second kappa shape index (κ2) is 12.8. The van der Waals surface area contributed by atoms with E-state index in [1.54, 1.807) is 5.56 Å². The van der Waals surface area contributed by atoms with Crippen molar-refractivity contribution >= 4 is 17.1 Å². The van der Waals surface area contributed by atoms with Gasteiger partial charge in [0, 0.05) is 27.9 Å². The van der Waals surface area contributed by atoms with E-state index in [9.17, 15) is 0 Å². The van der Waals surface area contributed by atoms with Crippen molar-refractivity contribution in [3.05, 3.63) is 161 Å². The second-order valence-electron chi connectivity index (χ2n) is 19.1. The molecule has 6 aromatic carbocycles. The minimum atomic E-state index is -0.145. The lowest BCUT2D eigenvalue weighted by Gasteiger charge is -2.29. The maximum atomic E-state index is 2.53. The van der Waals surface area contributed by atoms with Crippen LogP contribution in [0.1, 0.15) is 131 Å². The Balaban J connectivity index is 1.02. The molecule has 56 heavy (non-hydrogen) atoms. The fraction of sp³-hybridized carbons (Fsp3) is 0.345. The van der Waals surface area contributed by atoms with Crippen molar-refractivity contribution < 1.29 is 0 Å². The molecule has 0 saturated heterocycles. The van der Waals surface area contributed by atoms with Crippen molar-refractivity contribution in [2.75, 3.05) is 4.90 Å². The minimum absolute atomic E-state index is 0.0288. The van der Waals surface area contributed by atoms with Crippen LogP contribution in [-0.2, 0) is 10.8 Å². The standard InChI is InChI=1S/C55H55N/c1-54(2)48-17-9-8-14-45(48)52-43(15-10-18-49(52)54)44-16-11-19-50-53(44)46-31-30-42(34-51(46)55(50,3)4)56(40-26-22-37(23-27-40)36-12-6-5-7-13-36)41-28-24-38(25-29-41)47-33-35-20-21-39(47)32-35/h8-11,14-19,22-31,34-36,39,47H,5-7,12-13,20-21,32-33H2,1-4H3. The van der Waals surface area contributed by atoms with Crippen LogP contribution in [0.3, 0.4) is 0 Å². The van der Waals surface area contributed by atoms with Crippen LogP contribution in [0, 0.1) is 11.8 Å². The monoisotopic (exact) mass is 729 g/mol. The van der Waals surface area contributed by atoms with E-state index in [-0.39, 0.29) is 10.8 Å². The smallest absolute Gasteiger partial charge is 0.0465 e. The van der Waals surface area contributed by atoms with Crippen LogP contribution >= 0.6 is 0 Å². The number of nitrogens with zero attached hydrogens (tertiary/aromatic N) is 1. The summed E-state index contributed by atoms with van der Waals surface area (Å²) < 4.78 is 0. The van der Waals surface area contributed by atoms with E-state index in [0.29, 0.717) is 5.92 Å². The van der Waals surface area contributed by atoms with Crippen LogP contribution in [0.5, 0.6) is 0 Å². The molecule has 3 unspecified atom stereocenters. The molecule has 0 aromatic heterocycles. The molecule has 1 nitrogen and oxygen atoms in total. The summed E-state index contributed by atoms with van der Waals surface area (Å²) in [4.78, 5) is 2.53. The highest BCUT2D eigenvalue weighted by atomic mass is 15.1. The first kappa shape index (κ1) is 34.4. The van der Waals surface area contributed by atoms with E-state index in [0.717, 1.165) is 17.8 Å². The van der Waals surface area contributed by atoms with Crippen LogP contribution < -0.4 is 4.90 Å². The number of rotatable bonds is 6. The fourth-order valence-corrected chi connectivity index (χ4v) is 12.4. The van der Waals surface area contributed by atoms with E-state index in [4.69, 9.17) is 0 Å². The molecule has 3 atom stereocenters. The Labute approximate surface area is 334 Å². The summed E-state index contributed by atoms with van der Waals surface area (Å²) in [6.07, 6.45) is 12.5. The third-order valence-electron chi connectivity index (χ3n) is 15.4. The van der Waals surface area contributed by atoms with Crippen LogP contribution in [0.2, 0.25) is 0 Å². The molecule has 3 fully saturated rings. The van der Waals surface area contributed by atoms with Gasteiger partial charge in [-0.05, 0) is 159 Å². The minimum Gasteiger partial charge on any atom is -0.310 e. The molecular weight excluding hydrogens is 675 g/mol. The summed E-state index contributed by atoms with van der Waals surface area (Å²) in [7, 11) is 0. The first-order valence-corrected chi connectivity index (χ1v) is 21.8. The maximum Gasteiger partial charge on any atom is 0.0465 e. The Morgan fingerprint density at radius 2 is 1.00 bits per heavy atom. The van der Waals surface area contributed by atoms with Gasteiger partial charge >= 0.3 is 0 Å². The third-order valence-corrected chi connectivity index (χ3v) is 15.4. The first-order chi connectivity index (χ1) is 27.3. The maximum absolute atomic E-state index is 2.53. The van der Waals surface area contributed by atoms with Gasteiger partial charge in [0.05, 0.1) is 0 Å². The molecule has 2 bridgehead atoms. The van der Waals surface area contributed by atoms with E-state index in [2.05, 4.69) is 160 Å². The zero-order valence-corrected chi connectivity index (χ0v) is 33.7. The number of benzene rings is 6. The van der Waals surface area contributed by atoms with Gasteiger partial charge in [-0.1, -0.05) is 144 Å². The van der Waals surface area contributed by atoms with Crippen molar-refractivity contribution in [3.8, 4) is 33.4 Å². The molecule has 0 spiro atoms. The van der Waals surface area contributed by atoms with Gasteiger partial charge in [-0.15, -0.1) is 0 Å². The molecule has 0 amide bonds. The van der Waals surface area contributed by atoms with Crippen LogP contribution in [0.4, 0.5) is 17.1 Å². The molecule has 0 heterocycles. The molecule has 0 radical (unpaired) electrons. The Morgan fingerprint density at radius 3 is 1.62 bits per heavy atom. The van der Waals surface area contributed by atoms with Gasteiger partial charge in [0.25, 0.3) is 0 Å². The highest BCUT2D eigenvalue weighted by Gasteiger charge is 2.42. The van der Waals surface area contributed by atoms with E-state index >= 15 is 0 Å². The summed E-state index contributed by atoms with van der Waals surface area (Å²) in [5, 5.41) is 0. The summed E-state index contributed by atoms with van der Waals surface area (Å²) in [6, 6.07) is 49.9. The van der Waals surface area contributed by atoms with Crippen molar-refractivity contribution in [2.24, 2.45) is 11.8 Å². The normalized spacial score (nSPS) is 22.4. The van der Waals surface area contributed by atoms with E-state index < -0.39 is 0 Å². The van der Waals surface area contributed by atoms with Crippen molar-refractivity contribution in [3.63, 3.8) is 0 Å². The lowest BCUT2D eigenvalue weighted by atomic mass is 9.80. The molecule has 3 saturated carbocycles. The molecule has 6 aromatic rings. The van der Waals surface area contributed by atoms with Gasteiger partial charge in [-0.2, -0.15) is 0 Å². The van der Waals surface area contributed by atoms with Crippen LogP contribution in [-0.4, -0.2) is 0 Å². The lowest BCUT2D eigenvalue weighted by Crippen LogP contribution is -2.17. The van der Waals surface area contributed by atoms with Gasteiger partial charge < -0.3 is 4.90 Å². The molecule has 0 N–H and O–H groups in total. The molecule has 280 valence electrons. The lowest BCUT2D eigenvalue weighted by molar-refractivity contribution is 0.420. The Morgan fingerprint density at radius 1 is 0.446 bits per heavy atom. The zero-order chi connectivity index (χ0) is 37.8. The molecule has 5 aliphatic carbocycles. The molecule has 1 heteroatoms. The van der Waals surface area contributed by atoms with E-state index in [1.807, 2.05) is 0 Å². The number of hydrogen-bond acceptors (Lipinski definition) is 1. The van der Waals surface area contributed by atoms with E-state index in [1.165, 1.54) is 136 Å². The van der Waals surface area contributed by atoms with Gasteiger partial charge in [-0.25, -0.2) is 0 Å². The Hall–Kier alpha value is -4.88. The first-order valence-electron chi connectivity index (χ1n) is 21.8. The molecule has 0 aliphatic heterocycles. The van der Waals surface area contributed by atoms with Gasteiger partial charge in [-0.3, -0.25) is 0 Å². The SMILES string of the molecule is CC1(C)c2ccccc2-c2c(-c3cccc4c3-c3ccc(N(c5ccc(C6CCCCC6)cc5)c5ccc(C6CC7CCC6C7)cc5)cc3C4(C)C)cccc21. The topological polar surface area (TPSA) is 3.24 Å². The molecular formula is C55H55N. The predicted octanol–water partition coefficient (Wildman–Crippen LogP) is 15.4.